The first-order valence-electron chi connectivity index (χ1n) is 6.69. The van der Waals surface area contributed by atoms with E-state index in [1.165, 1.54) is 12.1 Å². The van der Waals surface area contributed by atoms with Gasteiger partial charge in [-0.05, 0) is 43.1 Å². The number of sulfone groups is 1. The van der Waals surface area contributed by atoms with E-state index in [-0.39, 0.29) is 16.8 Å². The molecule has 0 spiro atoms. The van der Waals surface area contributed by atoms with Crippen LogP contribution in [0.15, 0.2) is 29.2 Å². The van der Waals surface area contributed by atoms with Crippen molar-refractivity contribution in [3.05, 3.63) is 29.8 Å². The Morgan fingerprint density at radius 3 is 2.50 bits per heavy atom. The van der Waals surface area contributed by atoms with Crippen LogP contribution < -0.4 is 10.6 Å². The molecule has 5 nitrogen and oxygen atoms in total. The molecule has 2 atom stereocenters. The van der Waals surface area contributed by atoms with E-state index in [4.69, 9.17) is 0 Å². The normalized spacial score (nSPS) is 23.3. The summed E-state index contributed by atoms with van der Waals surface area (Å²) in [5.74, 6) is 0.279. The van der Waals surface area contributed by atoms with E-state index in [0.717, 1.165) is 25.8 Å². The first kappa shape index (κ1) is 15.0. The average molecular weight is 296 g/mol. The van der Waals surface area contributed by atoms with Crippen LogP contribution in [0.4, 0.5) is 0 Å². The number of hydrogen-bond donors (Lipinski definition) is 2. The zero-order valence-corrected chi connectivity index (χ0v) is 12.5. The molecule has 0 bridgehead atoms. The fraction of sp³-hybridized carbons (Fsp3) is 0.500. The molecule has 2 rings (SSSR count). The van der Waals surface area contributed by atoms with Crippen LogP contribution in [-0.4, -0.2) is 39.7 Å². The lowest BCUT2D eigenvalue weighted by atomic mass is 9.94. The third kappa shape index (κ3) is 3.58. The van der Waals surface area contributed by atoms with Gasteiger partial charge in [-0.15, -0.1) is 0 Å². The van der Waals surface area contributed by atoms with Crippen molar-refractivity contribution in [3.63, 3.8) is 0 Å². The Hall–Kier alpha value is -1.40. The molecule has 0 aromatic heterocycles. The van der Waals surface area contributed by atoms with Gasteiger partial charge in [0.2, 0.25) is 0 Å². The van der Waals surface area contributed by atoms with Crippen LogP contribution in [0, 0.1) is 5.92 Å². The van der Waals surface area contributed by atoms with Crippen LogP contribution >= 0.6 is 0 Å². The van der Waals surface area contributed by atoms with Crippen LogP contribution in [0.3, 0.4) is 0 Å². The predicted octanol–water partition coefficient (Wildman–Crippen LogP) is 0.818. The zero-order valence-electron chi connectivity index (χ0n) is 11.7. The second-order valence-electron chi connectivity index (χ2n) is 5.35. The van der Waals surface area contributed by atoms with Crippen molar-refractivity contribution in [2.75, 3.05) is 19.3 Å². The summed E-state index contributed by atoms with van der Waals surface area (Å²) in [4.78, 5) is 12.4. The van der Waals surface area contributed by atoms with Gasteiger partial charge in [0.15, 0.2) is 9.84 Å². The highest BCUT2D eigenvalue weighted by Gasteiger charge is 2.23. The summed E-state index contributed by atoms with van der Waals surface area (Å²) in [5.41, 5.74) is 0.482. The van der Waals surface area contributed by atoms with Crippen molar-refractivity contribution in [2.24, 2.45) is 5.92 Å². The molecule has 1 amide bonds. The highest BCUT2D eigenvalue weighted by atomic mass is 32.2. The standard InChI is InChI=1S/C14H20N2O3S/c1-10-7-8-15-9-13(10)16-14(17)11-3-5-12(6-4-11)20(2,18)19/h3-6,10,13,15H,7-9H2,1-2H3,(H,16,17). The lowest BCUT2D eigenvalue weighted by Crippen LogP contribution is -2.50. The molecule has 1 saturated heterocycles. The number of carbonyl (C=O) groups excluding carboxylic acids is 1. The molecule has 20 heavy (non-hydrogen) atoms. The fourth-order valence-corrected chi connectivity index (χ4v) is 2.92. The van der Waals surface area contributed by atoms with Gasteiger partial charge in [0, 0.05) is 24.4 Å². The van der Waals surface area contributed by atoms with Crippen LogP contribution in [-0.2, 0) is 9.84 Å². The monoisotopic (exact) mass is 296 g/mol. The van der Waals surface area contributed by atoms with Gasteiger partial charge in [0.25, 0.3) is 5.91 Å². The van der Waals surface area contributed by atoms with Crippen molar-refractivity contribution in [2.45, 2.75) is 24.3 Å². The molecule has 1 aromatic rings. The minimum absolute atomic E-state index is 0.117. The Bertz CT molecular complexity index is 581. The summed E-state index contributed by atoms with van der Waals surface area (Å²) in [5, 5.41) is 6.25. The molecule has 1 fully saturated rings. The molecule has 2 N–H and O–H groups in total. The molecule has 0 radical (unpaired) electrons. The molecular weight excluding hydrogens is 276 g/mol. The Balaban J connectivity index is 2.06. The maximum Gasteiger partial charge on any atom is 0.251 e. The molecule has 1 aliphatic rings. The molecular formula is C14H20N2O3S. The first-order valence-corrected chi connectivity index (χ1v) is 8.59. The molecule has 0 saturated carbocycles. The molecule has 1 aromatic carbocycles. The van der Waals surface area contributed by atoms with Crippen molar-refractivity contribution >= 4 is 15.7 Å². The molecule has 6 heteroatoms. The van der Waals surface area contributed by atoms with Crippen molar-refractivity contribution in [1.82, 2.24) is 10.6 Å². The van der Waals surface area contributed by atoms with E-state index in [2.05, 4.69) is 17.6 Å². The van der Waals surface area contributed by atoms with E-state index in [0.29, 0.717) is 11.5 Å². The number of amides is 1. The Kier molecular flexibility index (Phi) is 4.45. The zero-order chi connectivity index (χ0) is 14.8. The van der Waals surface area contributed by atoms with Gasteiger partial charge in [-0.2, -0.15) is 0 Å². The fourth-order valence-electron chi connectivity index (χ4n) is 2.29. The topological polar surface area (TPSA) is 75.3 Å². The SMILES string of the molecule is CC1CCNCC1NC(=O)c1ccc(S(C)(=O)=O)cc1. The molecule has 0 aliphatic carbocycles. The molecule has 2 unspecified atom stereocenters. The van der Waals surface area contributed by atoms with Crippen molar-refractivity contribution in [1.29, 1.82) is 0 Å². The largest absolute Gasteiger partial charge is 0.348 e. The van der Waals surface area contributed by atoms with Gasteiger partial charge in [-0.3, -0.25) is 4.79 Å². The number of rotatable bonds is 3. The van der Waals surface area contributed by atoms with Crippen molar-refractivity contribution < 1.29 is 13.2 Å². The van der Waals surface area contributed by atoms with Gasteiger partial charge in [-0.25, -0.2) is 8.42 Å². The summed E-state index contributed by atoms with van der Waals surface area (Å²) in [6, 6.07) is 6.14. The summed E-state index contributed by atoms with van der Waals surface area (Å²) < 4.78 is 22.7. The Morgan fingerprint density at radius 2 is 1.95 bits per heavy atom. The third-order valence-electron chi connectivity index (χ3n) is 3.69. The maximum absolute atomic E-state index is 12.1. The van der Waals surface area contributed by atoms with Crippen molar-refractivity contribution in [3.8, 4) is 0 Å². The van der Waals surface area contributed by atoms with Gasteiger partial charge in [0.05, 0.1) is 4.90 Å². The Morgan fingerprint density at radius 1 is 1.30 bits per heavy atom. The van der Waals surface area contributed by atoms with E-state index < -0.39 is 9.84 Å². The molecule has 1 aliphatic heterocycles. The van der Waals surface area contributed by atoms with E-state index in [1.807, 2.05) is 0 Å². The van der Waals surface area contributed by atoms with Gasteiger partial charge < -0.3 is 10.6 Å². The van der Waals surface area contributed by atoms with Crippen LogP contribution in [0.25, 0.3) is 0 Å². The number of nitrogens with one attached hydrogen (secondary N) is 2. The maximum atomic E-state index is 12.1. The Labute approximate surface area is 119 Å². The first-order chi connectivity index (χ1) is 9.38. The number of benzene rings is 1. The highest BCUT2D eigenvalue weighted by molar-refractivity contribution is 7.90. The summed E-state index contributed by atoms with van der Waals surface area (Å²) in [6.07, 6.45) is 2.19. The summed E-state index contributed by atoms with van der Waals surface area (Å²) in [6.45, 7) is 3.88. The van der Waals surface area contributed by atoms with Gasteiger partial charge in [-0.1, -0.05) is 6.92 Å². The van der Waals surface area contributed by atoms with Crippen LogP contribution in [0.1, 0.15) is 23.7 Å². The van der Waals surface area contributed by atoms with Gasteiger partial charge >= 0.3 is 0 Å². The quantitative estimate of drug-likeness (QED) is 0.866. The summed E-state index contributed by atoms with van der Waals surface area (Å²) >= 11 is 0. The van der Waals surface area contributed by atoms with Crippen LogP contribution in [0.5, 0.6) is 0 Å². The number of piperidine rings is 1. The van der Waals surface area contributed by atoms with E-state index in [1.54, 1.807) is 12.1 Å². The summed E-state index contributed by atoms with van der Waals surface area (Å²) in [7, 11) is -3.22. The second-order valence-corrected chi connectivity index (χ2v) is 7.36. The van der Waals surface area contributed by atoms with E-state index in [9.17, 15) is 13.2 Å². The smallest absolute Gasteiger partial charge is 0.251 e. The number of carbonyl (C=O) groups is 1. The lowest BCUT2D eigenvalue weighted by molar-refractivity contribution is 0.0915. The minimum atomic E-state index is -3.22. The van der Waals surface area contributed by atoms with E-state index >= 15 is 0 Å². The minimum Gasteiger partial charge on any atom is -0.348 e. The average Bonchev–Trinajstić information content (AvgIpc) is 2.40. The molecule has 1 heterocycles. The van der Waals surface area contributed by atoms with Crippen LogP contribution in [0.2, 0.25) is 0 Å². The lowest BCUT2D eigenvalue weighted by Gasteiger charge is -2.30. The highest BCUT2D eigenvalue weighted by Crippen LogP contribution is 2.13. The predicted molar refractivity (Wildman–Crippen MR) is 77.5 cm³/mol. The van der Waals surface area contributed by atoms with Gasteiger partial charge in [0.1, 0.15) is 0 Å². The second kappa shape index (κ2) is 5.93. The number of hydrogen-bond acceptors (Lipinski definition) is 4. The molecule has 110 valence electrons. The third-order valence-corrected chi connectivity index (χ3v) is 4.82.